The van der Waals surface area contributed by atoms with Crippen LogP contribution in [-0.4, -0.2) is 32.3 Å². The van der Waals surface area contributed by atoms with Gasteiger partial charge in [-0.25, -0.2) is 0 Å². The predicted molar refractivity (Wildman–Crippen MR) is 83.1 cm³/mol. The minimum absolute atomic E-state index is 0.0546. The summed E-state index contributed by atoms with van der Waals surface area (Å²) in [5.41, 5.74) is 1.63. The number of hydrogen-bond donors (Lipinski definition) is 2. The Morgan fingerprint density at radius 2 is 2.14 bits per heavy atom. The van der Waals surface area contributed by atoms with Crippen LogP contribution < -0.4 is 15.4 Å². The first kappa shape index (κ1) is 16.1. The Balaban J connectivity index is 2.09. The molecule has 1 aromatic carbocycles. The van der Waals surface area contributed by atoms with E-state index in [4.69, 9.17) is 21.1 Å². The molecule has 6 heteroatoms. The van der Waals surface area contributed by atoms with Gasteiger partial charge in [0.15, 0.2) is 0 Å². The third-order valence-electron chi connectivity index (χ3n) is 3.22. The van der Waals surface area contributed by atoms with Crippen molar-refractivity contribution in [1.82, 2.24) is 5.32 Å². The summed E-state index contributed by atoms with van der Waals surface area (Å²) in [6, 6.07) is 3.22. The van der Waals surface area contributed by atoms with Gasteiger partial charge in [0.05, 0.1) is 11.6 Å². The molecule has 0 bridgehead atoms. The van der Waals surface area contributed by atoms with Gasteiger partial charge < -0.3 is 20.1 Å². The lowest BCUT2D eigenvalue weighted by Gasteiger charge is -2.13. The molecule has 5 nitrogen and oxygen atoms in total. The van der Waals surface area contributed by atoms with Crippen molar-refractivity contribution in [2.24, 2.45) is 0 Å². The number of hydrogen-bond acceptors (Lipinski definition) is 4. The van der Waals surface area contributed by atoms with E-state index in [9.17, 15) is 4.79 Å². The fraction of sp³-hybridized carbons (Fsp3) is 0.533. The number of amides is 1. The number of carbonyl (C=O) groups is 1. The quantitative estimate of drug-likeness (QED) is 0.725. The maximum absolute atomic E-state index is 12.0. The molecule has 0 aromatic heterocycles. The van der Waals surface area contributed by atoms with Crippen LogP contribution >= 0.6 is 11.6 Å². The third kappa shape index (κ3) is 3.87. The summed E-state index contributed by atoms with van der Waals surface area (Å²) >= 11 is 6.24. The van der Waals surface area contributed by atoms with E-state index >= 15 is 0 Å². The van der Waals surface area contributed by atoms with Crippen LogP contribution in [0.1, 0.15) is 31.9 Å². The van der Waals surface area contributed by atoms with Crippen LogP contribution in [0.4, 0.5) is 5.69 Å². The molecule has 0 fully saturated rings. The average Bonchev–Trinajstić information content (AvgIpc) is 2.76. The zero-order valence-corrected chi connectivity index (χ0v) is 13.1. The molecule has 1 aliphatic rings. The molecule has 1 aromatic rings. The molecule has 116 valence electrons. The van der Waals surface area contributed by atoms with Gasteiger partial charge in [0.25, 0.3) is 0 Å². The molecule has 1 atom stereocenters. The van der Waals surface area contributed by atoms with E-state index in [2.05, 4.69) is 17.6 Å². The van der Waals surface area contributed by atoms with Gasteiger partial charge >= 0.3 is 0 Å². The number of ether oxygens (including phenoxy) is 2. The Bertz CT molecular complexity index is 508. The number of fused-ring (bicyclic) bond motifs is 1. The second-order valence-electron chi connectivity index (χ2n) is 4.79. The van der Waals surface area contributed by atoms with Gasteiger partial charge in [-0.05, 0) is 26.0 Å². The smallest absolute Gasteiger partial charge is 0.246 e. The Hall–Kier alpha value is -1.30. The Morgan fingerprint density at radius 1 is 1.33 bits per heavy atom. The van der Waals surface area contributed by atoms with E-state index in [1.54, 1.807) is 12.1 Å². The molecule has 1 aliphatic heterocycles. The van der Waals surface area contributed by atoms with E-state index in [-0.39, 0.29) is 11.9 Å². The van der Waals surface area contributed by atoms with Crippen molar-refractivity contribution in [3.05, 3.63) is 22.7 Å². The highest BCUT2D eigenvalue weighted by Gasteiger charge is 2.31. The standard InChI is InChI=1S/C15H21ClN2O3/c1-3-5-17-14-10-8-11(16)13(21-7-6-20-4-2)9-12(10)18-15(14)19/h8-9,14,17H,3-7H2,1-2H3,(H,18,19). The fourth-order valence-corrected chi connectivity index (χ4v) is 2.45. The normalized spacial score (nSPS) is 16.7. The van der Waals surface area contributed by atoms with Crippen molar-refractivity contribution in [3.8, 4) is 5.75 Å². The van der Waals surface area contributed by atoms with E-state index in [0.29, 0.717) is 30.6 Å². The SMILES string of the molecule is CCCNC1C(=O)Nc2cc(OCCOCC)c(Cl)cc21. The summed E-state index contributed by atoms with van der Waals surface area (Å²) in [4.78, 5) is 12.0. The molecule has 0 spiro atoms. The van der Waals surface area contributed by atoms with Gasteiger partial charge in [-0.1, -0.05) is 18.5 Å². The van der Waals surface area contributed by atoms with Gasteiger partial charge in [0, 0.05) is 23.9 Å². The van der Waals surface area contributed by atoms with Crippen molar-refractivity contribution in [2.75, 3.05) is 31.7 Å². The molecular weight excluding hydrogens is 292 g/mol. The predicted octanol–water partition coefficient (Wildman–Crippen LogP) is 2.75. The van der Waals surface area contributed by atoms with Gasteiger partial charge in [-0.15, -0.1) is 0 Å². The molecule has 2 rings (SSSR count). The van der Waals surface area contributed by atoms with Crippen LogP contribution in [0.3, 0.4) is 0 Å². The zero-order valence-electron chi connectivity index (χ0n) is 12.4. The molecule has 0 saturated carbocycles. The lowest BCUT2D eigenvalue weighted by molar-refractivity contribution is -0.117. The number of carbonyl (C=O) groups excluding carboxylic acids is 1. The molecule has 1 heterocycles. The van der Waals surface area contributed by atoms with Crippen molar-refractivity contribution in [3.63, 3.8) is 0 Å². The maximum Gasteiger partial charge on any atom is 0.246 e. The van der Waals surface area contributed by atoms with Crippen molar-refractivity contribution in [2.45, 2.75) is 26.3 Å². The molecular formula is C15H21ClN2O3. The number of rotatable bonds is 8. The minimum Gasteiger partial charge on any atom is -0.490 e. The molecule has 1 unspecified atom stereocenters. The molecule has 21 heavy (non-hydrogen) atoms. The first-order chi connectivity index (χ1) is 10.2. The van der Waals surface area contributed by atoms with Crippen molar-refractivity contribution in [1.29, 1.82) is 0 Å². The first-order valence-electron chi connectivity index (χ1n) is 7.25. The lowest BCUT2D eigenvalue weighted by atomic mass is 10.1. The average molecular weight is 313 g/mol. The Morgan fingerprint density at radius 3 is 2.86 bits per heavy atom. The minimum atomic E-state index is -0.338. The van der Waals surface area contributed by atoms with Crippen LogP contribution in [0.15, 0.2) is 12.1 Å². The summed E-state index contributed by atoms with van der Waals surface area (Å²) in [7, 11) is 0. The topological polar surface area (TPSA) is 59.6 Å². The van der Waals surface area contributed by atoms with E-state index in [0.717, 1.165) is 24.2 Å². The van der Waals surface area contributed by atoms with Gasteiger partial charge in [0.1, 0.15) is 18.4 Å². The monoisotopic (exact) mass is 312 g/mol. The van der Waals surface area contributed by atoms with Crippen LogP contribution in [0.5, 0.6) is 5.75 Å². The first-order valence-corrected chi connectivity index (χ1v) is 7.63. The summed E-state index contributed by atoms with van der Waals surface area (Å²) in [6.45, 7) is 6.36. The van der Waals surface area contributed by atoms with Gasteiger partial charge in [-0.2, -0.15) is 0 Å². The van der Waals surface area contributed by atoms with Gasteiger partial charge in [-0.3, -0.25) is 4.79 Å². The second kappa shape index (κ2) is 7.64. The number of nitrogens with one attached hydrogen (secondary N) is 2. The van der Waals surface area contributed by atoms with Crippen LogP contribution in [-0.2, 0) is 9.53 Å². The lowest BCUT2D eigenvalue weighted by Crippen LogP contribution is -2.27. The Kier molecular flexibility index (Phi) is 5.85. The third-order valence-corrected chi connectivity index (χ3v) is 3.52. The van der Waals surface area contributed by atoms with E-state index < -0.39 is 0 Å². The van der Waals surface area contributed by atoms with Crippen LogP contribution in [0.25, 0.3) is 0 Å². The van der Waals surface area contributed by atoms with Crippen molar-refractivity contribution >= 4 is 23.2 Å². The molecule has 0 saturated heterocycles. The maximum atomic E-state index is 12.0. The molecule has 2 N–H and O–H groups in total. The number of halogens is 1. The summed E-state index contributed by atoms with van der Waals surface area (Å²) < 4.78 is 10.8. The zero-order chi connectivity index (χ0) is 15.2. The molecule has 1 amide bonds. The van der Waals surface area contributed by atoms with E-state index in [1.165, 1.54) is 0 Å². The summed E-state index contributed by atoms with van der Waals surface area (Å²) in [5, 5.41) is 6.57. The van der Waals surface area contributed by atoms with Crippen LogP contribution in [0.2, 0.25) is 5.02 Å². The molecule has 0 aliphatic carbocycles. The van der Waals surface area contributed by atoms with Crippen molar-refractivity contribution < 1.29 is 14.3 Å². The number of benzene rings is 1. The molecule has 0 radical (unpaired) electrons. The van der Waals surface area contributed by atoms with E-state index in [1.807, 2.05) is 6.92 Å². The highest BCUT2D eigenvalue weighted by atomic mass is 35.5. The largest absolute Gasteiger partial charge is 0.490 e. The fourth-order valence-electron chi connectivity index (χ4n) is 2.22. The Labute approximate surface area is 130 Å². The second-order valence-corrected chi connectivity index (χ2v) is 5.20. The van der Waals surface area contributed by atoms with Gasteiger partial charge in [0.2, 0.25) is 5.91 Å². The highest BCUT2D eigenvalue weighted by Crippen LogP contribution is 2.38. The number of anilines is 1. The van der Waals surface area contributed by atoms with Crippen LogP contribution in [0, 0.1) is 0 Å². The summed E-state index contributed by atoms with van der Waals surface area (Å²) in [6.07, 6.45) is 0.964. The summed E-state index contributed by atoms with van der Waals surface area (Å²) in [5.74, 6) is 0.507. The highest BCUT2D eigenvalue weighted by molar-refractivity contribution is 6.32.